The van der Waals surface area contributed by atoms with E-state index in [0.717, 1.165) is 23.2 Å². The molecule has 1 unspecified atom stereocenters. The Morgan fingerprint density at radius 2 is 2.06 bits per heavy atom. The van der Waals surface area contributed by atoms with Crippen LogP contribution in [0.1, 0.15) is 25.8 Å². The van der Waals surface area contributed by atoms with Crippen LogP contribution in [0.25, 0.3) is 0 Å². The highest BCUT2D eigenvalue weighted by Gasteiger charge is 2.12. The summed E-state index contributed by atoms with van der Waals surface area (Å²) < 4.78 is 6.39. The van der Waals surface area contributed by atoms with Crippen LogP contribution in [0.2, 0.25) is 0 Å². The van der Waals surface area contributed by atoms with Gasteiger partial charge in [-0.3, -0.25) is 0 Å². The van der Waals surface area contributed by atoms with Crippen molar-refractivity contribution in [3.8, 4) is 5.75 Å². The van der Waals surface area contributed by atoms with E-state index in [2.05, 4.69) is 35.8 Å². The van der Waals surface area contributed by atoms with Crippen LogP contribution < -0.4 is 10.5 Å². The minimum absolute atomic E-state index is 0.540. The van der Waals surface area contributed by atoms with Gasteiger partial charge in [0.1, 0.15) is 5.75 Å². The second kappa shape index (κ2) is 7.02. The predicted molar refractivity (Wildman–Crippen MR) is 76.4 cm³/mol. The summed E-state index contributed by atoms with van der Waals surface area (Å²) in [6, 6.07) is 6.09. The summed E-state index contributed by atoms with van der Waals surface area (Å²) in [6.45, 7) is 5.22. The van der Waals surface area contributed by atoms with E-state index in [4.69, 9.17) is 10.5 Å². The molecular formula is C14H22BrNO. The van der Waals surface area contributed by atoms with Gasteiger partial charge < -0.3 is 10.5 Å². The topological polar surface area (TPSA) is 35.2 Å². The standard InChI is InChI=1S/C14H22BrNO/c1-10(2)6-11(9-16)7-12-8-13(17-3)4-5-14(12)15/h4-5,8,10-11H,6-7,9,16H2,1-3H3. The van der Waals surface area contributed by atoms with Crippen LogP contribution in [0.5, 0.6) is 5.75 Å². The van der Waals surface area contributed by atoms with E-state index in [1.165, 1.54) is 12.0 Å². The smallest absolute Gasteiger partial charge is 0.119 e. The molecule has 17 heavy (non-hydrogen) atoms. The summed E-state index contributed by atoms with van der Waals surface area (Å²) in [5.74, 6) is 2.13. The summed E-state index contributed by atoms with van der Waals surface area (Å²) in [5.41, 5.74) is 7.12. The highest BCUT2D eigenvalue weighted by atomic mass is 79.9. The van der Waals surface area contributed by atoms with Crippen LogP contribution >= 0.6 is 15.9 Å². The largest absolute Gasteiger partial charge is 0.497 e. The molecule has 0 fully saturated rings. The zero-order valence-electron chi connectivity index (χ0n) is 10.9. The Bertz CT molecular complexity index is 352. The monoisotopic (exact) mass is 299 g/mol. The molecule has 0 aliphatic heterocycles. The molecule has 1 aromatic carbocycles. The highest BCUT2D eigenvalue weighted by molar-refractivity contribution is 9.10. The molecule has 0 radical (unpaired) electrons. The number of halogens is 1. The molecule has 1 aromatic rings. The minimum atomic E-state index is 0.540. The summed E-state index contributed by atoms with van der Waals surface area (Å²) in [4.78, 5) is 0. The van der Waals surface area contributed by atoms with Gasteiger partial charge in [0.15, 0.2) is 0 Å². The van der Waals surface area contributed by atoms with Crippen molar-refractivity contribution in [3.63, 3.8) is 0 Å². The SMILES string of the molecule is COc1ccc(Br)c(CC(CN)CC(C)C)c1. The number of ether oxygens (including phenoxy) is 1. The Hall–Kier alpha value is -0.540. The predicted octanol–water partition coefficient (Wildman–Crippen LogP) is 3.62. The van der Waals surface area contributed by atoms with Crippen molar-refractivity contribution in [2.45, 2.75) is 26.7 Å². The van der Waals surface area contributed by atoms with E-state index in [1.807, 2.05) is 12.1 Å². The van der Waals surface area contributed by atoms with Gasteiger partial charge in [-0.15, -0.1) is 0 Å². The van der Waals surface area contributed by atoms with Crippen molar-refractivity contribution in [3.05, 3.63) is 28.2 Å². The Morgan fingerprint density at radius 1 is 1.35 bits per heavy atom. The van der Waals surface area contributed by atoms with Gasteiger partial charge in [-0.05, 0) is 55.0 Å². The summed E-state index contributed by atoms with van der Waals surface area (Å²) >= 11 is 3.59. The van der Waals surface area contributed by atoms with Gasteiger partial charge in [0.2, 0.25) is 0 Å². The lowest BCUT2D eigenvalue weighted by atomic mass is 9.91. The average Bonchev–Trinajstić information content (AvgIpc) is 2.30. The normalized spacial score (nSPS) is 12.8. The van der Waals surface area contributed by atoms with Gasteiger partial charge in [-0.1, -0.05) is 29.8 Å². The molecular weight excluding hydrogens is 278 g/mol. The Labute approximate surface area is 113 Å². The minimum Gasteiger partial charge on any atom is -0.497 e. The van der Waals surface area contributed by atoms with Crippen molar-refractivity contribution in [2.24, 2.45) is 17.6 Å². The zero-order chi connectivity index (χ0) is 12.8. The van der Waals surface area contributed by atoms with Crippen LogP contribution in [-0.4, -0.2) is 13.7 Å². The van der Waals surface area contributed by atoms with Crippen molar-refractivity contribution in [1.29, 1.82) is 0 Å². The highest BCUT2D eigenvalue weighted by Crippen LogP contribution is 2.26. The van der Waals surface area contributed by atoms with Crippen LogP contribution in [0.15, 0.2) is 22.7 Å². The number of hydrogen-bond donors (Lipinski definition) is 1. The first-order valence-corrected chi connectivity index (χ1v) is 6.88. The fraction of sp³-hybridized carbons (Fsp3) is 0.571. The molecule has 96 valence electrons. The van der Waals surface area contributed by atoms with E-state index < -0.39 is 0 Å². The maximum Gasteiger partial charge on any atom is 0.119 e. The molecule has 2 nitrogen and oxygen atoms in total. The molecule has 0 bridgehead atoms. The Kier molecular flexibility index (Phi) is 6.00. The average molecular weight is 300 g/mol. The fourth-order valence-corrected chi connectivity index (χ4v) is 2.48. The Morgan fingerprint density at radius 3 is 2.59 bits per heavy atom. The lowest BCUT2D eigenvalue weighted by molar-refractivity contribution is 0.406. The maximum atomic E-state index is 5.84. The molecule has 0 saturated heterocycles. The molecule has 0 spiro atoms. The van der Waals surface area contributed by atoms with Gasteiger partial charge in [-0.2, -0.15) is 0 Å². The van der Waals surface area contributed by atoms with E-state index in [1.54, 1.807) is 7.11 Å². The summed E-state index contributed by atoms with van der Waals surface area (Å²) in [5, 5.41) is 0. The first kappa shape index (κ1) is 14.5. The third kappa shape index (κ3) is 4.68. The fourth-order valence-electron chi connectivity index (χ4n) is 2.08. The molecule has 0 aromatic heterocycles. The number of hydrogen-bond acceptors (Lipinski definition) is 2. The first-order valence-electron chi connectivity index (χ1n) is 6.09. The van der Waals surface area contributed by atoms with Crippen molar-refractivity contribution < 1.29 is 4.74 Å². The molecule has 0 amide bonds. The van der Waals surface area contributed by atoms with Crippen molar-refractivity contribution in [2.75, 3.05) is 13.7 Å². The number of methoxy groups -OCH3 is 1. The molecule has 0 aliphatic rings. The van der Waals surface area contributed by atoms with Crippen LogP contribution in [0.3, 0.4) is 0 Å². The van der Waals surface area contributed by atoms with E-state index >= 15 is 0 Å². The van der Waals surface area contributed by atoms with Gasteiger partial charge in [-0.25, -0.2) is 0 Å². The van der Waals surface area contributed by atoms with E-state index in [9.17, 15) is 0 Å². The van der Waals surface area contributed by atoms with Gasteiger partial charge in [0.05, 0.1) is 7.11 Å². The van der Waals surface area contributed by atoms with Crippen molar-refractivity contribution >= 4 is 15.9 Å². The Balaban J connectivity index is 2.77. The summed E-state index contributed by atoms with van der Waals surface area (Å²) in [7, 11) is 1.70. The van der Waals surface area contributed by atoms with Crippen LogP contribution in [-0.2, 0) is 6.42 Å². The second-order valence-electron chi connectivity index (χ2n) is 4.89. The second-order valence-corrected chi connectivity index (χ2v) is 5.75. The molecule has 0 saturated carbocycles. The lowest BCUT2D eigenvalue weighted by Gasteiger charge is -2.18. The van der Waals surface area contributed by atoms with E-state index in [0.29, 0.717) is 11.8 Å². The molecule has 2 N–H and O–H groups in total. The summed E-state index contributed by atoms with van der Waals surface area (Å²) in [6.07, 6.45) is 2.17. The van der Waals surface area contributed by atoms with Gasteiger partial charge in [0.25, 0.3) is 0 Å². The lowest BCUT2D eigenvalue weighted by Crippen LogP contribution is -2.19. The quantitative estimate of drug-likeness (QED) is 0.871. The van der Waals surface area contributed by atoms with Gasteiger partial charge >= 0.3 is 0 Å². The zero-order valence-corrected chi connectivity index (χ0v) is 12.5. The van der Waals surface area contributed by atoms with Crippen LogP contribution in [0.4, 0.5) is 0 Å². The van der Waals surface area contributed by atoms with Crippen LogP contribution in [0, 0.1) is 11.8 Å². The number of rotatable bonds is 6. The van der Waals surface area contributed by atoms with Crippen molar-refractivity contribution in [1.82, 2.24) is 0 Å². The first-order chi connectivity index (χ1) is 8.06. The third-order valence-corrected chi connectivity index (χ3v) is 3.67. The third-order valence-electron chi connectivity index (χ3n) is 2.90. The van der Waals surface area contributed by atoms with Gasteiger partial charge in [0, 0.05) is 4.47 Å². The molecule has 1 atom stereocenters. The maximum absolute atomic E-state index is 5.84. The van der Waals surface area contributed by atoms with E-state index in [-0.39, 0.29) is 0 Å². The molecule has 3 heteroatoms. The molecule has 0 aliphatic carbocycles. The molecule has 0 heterocycles. The number of nitrogens with two attached hydrogens (primary N) is 1. The number of benzene rings is 1. The molecule has 1 rings (SSSR count).